The van der Waals surface area contributed by atoms with Gasteiger partial charge in [0.1, 0.15) is 0 Å². The van der Waals surface area contributed by atoms with Gasteiger partial charge in [0.2, 0.25) is 5.82 Å². The second kappa shape index (κ2) is 9.74. The number of hydrogen-bond acceptors (Lipinski definition) is 6. The molecule has 1 amide bonds. The largest absolute Gasteiger partial charge is 0.449 e. The van der Waals surface area contributed by atoms with Crippen LogP contribution >= 0.6 is 0 Å². The molecular formula is C20H21FN2O6. The van der Waals surface area contributed by atoms with E-state index < -0.39 is 34.4 Å². The summed E-state index contributed by atoms with van der Waals surface area (Å²) in [5, 5.41) is 13.1. The van der Waals surface area contributed by atoms with E-state index in [0.717, 1.165) is 17.7 Å². The molecule has 0 aliphatic carbocycles. The maximum absolute atomic E-state index is 13.4. The third-order valence-electron chi connectivity index (χ3n) is 3.84. The SMILES string of the molecule is CC(C)OCc1ccc(C(=O)O[C@H](C)C(=O)Nc2ccc(F)c([N+](=O)[O-])c2)cc1. The van der Waals surface area contributed by atoms with E-state index in [1.54, 1.807) is 24.3 Å². The fourth-order valence-electron chi connectivity index (χ4n) is 2.26. The Bertz CT molecular complexity index is 898. The molecule has 8 nitrogen and oxygen atoms in total. The maximum Gasteiger partial charge on any atom is 0.338 e. The molecule has 0 spiro atoms. The van der Waals surface area contributed by atoms with Crippen molar-refractivity contribution in [3.05, 3.63) is 69.5 Å². The van der Waals surface area contributed by atoms with Gasteiger partial charge in [0, 0.05) is 11.8 Å². The molecule has 0 fully saturated rings. The van der Waals surface area contributed by atoms with Crippen LogP contribution in [-0.4, -0.2) is 29.0 Å². The molecule has 29 heavy (non-hydrogen) atoms. The minimum atomic E-state index is -1.17. The number of nitrogens with zero attached hydrogens (tertiary/aromatic N) is 1. The lowest BCUT2D eigenvalue weighted by atomic mass is 10.1. The van der Waals surface area contributed by atoms with E-state index in [2.05, 4.69) is 5.32 Å². The number of carbonyl (C=O) groups is 2. The van der Waals surface area contributed by atoms with Gasteiger partial charge >= 0.3 is 11.7 Å². The highest BCUT2D eigenvalue weighted by atomic mass is 19.1. The Morgan fingerprint density at radius 2 is 1.79 bits per heavy atom. The number of ether oxygens (including phenoxy) is 2. The highest BCUT2D eigenvalue weighted by Gasteiger charge is 2.21. The van der Waals surface area contributed by atoms with Crippen LogP contribution in [0.25, 0.3) is 0 Å². The van der Waals surface area contributed by atoms with Crippen LogP contribution in [0.4, 0.5) is 15.8 Å². The predicted molar refractivity (Wildman–Crippen MR) is 103 cm³/mol. The topological polar surface area (TPSA) is 108 Å². The number of nitro benzene ring substituents is 1. The first-order valence-electron chi connectivity index (χ1n) is 8.83. The zero-order chi connectivity index (χ0) is 21.6. The van der Waals surface area contributed by atoms with Crippen molar-refractivity contribution < 1.29 is 28.4 Å². The summed E-state index contributed by atoms with van der Waals surface area (Å²) in [7, 11) is 0. The average Bonchev–Trinajstić information content (AvgIpc) is 2.67. The van der Waals surface area contributed by atoms with Gasteiger partial charge < -0.3 is 14.8 Å². The molecule has 2 aromatic rings. The molecule has 0 bridgehead atoms. The van der Waals surface area contributed by atoms with Gasteiger partial charge in [-0.25, -0.2) is 4.79 Å². The van der Waals surface area contributed by atoms with Gasteiger partial charge in [-0.2, -0.15) is 4.39 Å². The first kappa shape index (κ1) is 22.0. The van der Waals surface area contributed by atoms with Crippen LogP contribution in [0, 0.1) is 15.9 Å². The molecule has 9 heteroatoms. The van der Waals surface area contributed by atoms with E-state index in [4.69, 9.17) is 9.47 Å². The van der Waals surface area contributed by atoms with Gasteiger partial charge in [-0.1, -0.05) is 12.1 Å². The van der Waals surface area contributed by atoms with Gasteiger partial charge in [0.15, 0.2) is 6.10 Å². The molecule has 0 unspecified atom stereocenters. The number of hydrogen-bond donors (Lipinski definition) is 1. The predicted octanol–water partition coefficient (Wildman–Crippen LogP) is 3.84. The number of anilines is 1. The molecule has 154 valence electrons. The molecule has 1 N–H and O–H groups in total. The molecule has 0 aliphatic rings. The summed E-state index contributed by atoms with van der Waals surface area (Å²) in [6.45, 7) is 5.61. The molecule has 0 radical (unpaired) electrons. The molecule has 1 atom stereocenters. The molecule has 2 aromatic carbocycles. The van der Waals surface area contributed by atoms with Crippen LogP contribution < -0.4 is 5.32 Å². The Labute approximate surface area is 166 Å². The lowest BCUT2D eigenvalue weighted by Crippen LogP contribution is -2.30. The Morgan fingerprint density at radius 1 is 1.14 bits per heavy atom. The highest BCUT2D eigenvalue weighted by molar-refractivity contribution is 5.97. The van der Waals surface area contributed by atoms with Crippen molar-refractivity contribution in [2.75, 3.05) is 5.32 Å². The van der Waals surface area contributed by atoms with Gasteiger partial charge in [0.25, 0.3) is 5.91 Å². The van der Waals surface area contributed by atoms with E-state index in [-0.39, 0.29) is 17.4 Å². The number of carbonyl (C=O) groups excluding carboxylic acids is 2. The molecular weight excluding hydrogens is 383 g/mol. The number of nitro groups is 1. The Kier molecular flexibility index (Phi) is 7.38. The van der Waals surface area contributed by atoms with E-state index in [0.29, 0.717) is 6.61 Å². The first-order valence-corrected chi connectivity index (χ1v) is 8.83. The van der Waals surface area contributed by atoms with Crippen molar-refractivity contribution in [2.24, 2.45) is 0 Å². The second-order valence-corrected chi connectivity index (χ2v) is 6.52. The number of esters is 1. The monoisotopic (exact) mass is 404 g/mol. The van der Waals surface area contributed by atoms with Crippen LogP contribution in [0.15, 0.2) is 42.5 Å². The fraction of sp³-hybridized carbons (Fsp3) is 0.300. The molecule has 0 saturated carbocycles. The van der Waals surface area contributed by atoms with Gasteiger partial charge in [-0.15, -0.1) is 0 Å². The van der Waals surface area contributed by atoms with Crippen LogP contribution in [-0.2, 0) is 20.9 Å². The maximum atomic E-state index is 13.4. The van der Waals surface area contributed by atoms with E-state index in [1.807, 2.05) is 13.8 Å². The van der Waals surface area contributed by atoms with Crippen molar-refractivity contribution in [3.8, 4) is 0 Å². The summed E-state index contributed by atoms with van der Waals surface area (Å²) in [5.74, 6) is -2.43. The zero-order valence-corrected chi connectivity index (χ0v) is 16.2. The molecule has 0 heterocycles. The number of nitrogens with one attached hydrogen (secondary N) is 1. The summed E-state index contributed by atoms with van der Waals surface area (Å²) in [6, 6.07) is 9.51. The number of halogens is 1. The lowest BCUT2D eigenvalue weighted by Gasteiger charge is -2.14. The average molecular weight is 404 g/mol. The van der Waals surface area contributed by atoms with E-state index in [9.17, 15) is 24.1 Å². The van der Waals surface area contributed by atoms with Crippen molar-refractivity contribution >= 4 is 23.3 Å². The van der Waals surface area contributed by atoms with Gasteiger partial charge in [-0.3, -0.25) is 14.9 Å². The quantitative estimate of drug-likeness (QED) is 0.407. The smallest absolute Gasteiger partial charge is 0.338 e. The lowest BCUT2D eigenvalue weighted by molar-refractivity contribution is -0.387. The van der Waals surface area contributed by atoms with E-state index >= 15 is 0 Å². The standard InChI is InChI=1S/C20H21FN2O6/c1-12(2)28-11-14-4-6-15(7-5-14)20(25)29-13(3)19(24)22-16-8-9-17(21)18(10-16)23(26)27/h4-10,12-13H,11H2,1-3H3,(H,22,24)/t13-/m1/s1. The summed E-state index contributed by atoms with van der Waals surface area (Å²) >= 11 is 0. The summed E-state index contributed by atoms with van der Waals surface area (Å²) in [5.41, 5.74) is 0.392. The van der Waals surface area contributed by atoms with Crippen molar-refractivity contribution in [3.63, 3.8) is 0 Å². The highest BCUT2D eigenvalue weighted by Crippen LogP contribution is 2.22. The third kappa shape index (κ3) is 6.35. The summed E-state index contributed by atoms with van der Waals surface area (Å²) < 4.78 is 24.0. The number of amides is 1. The Hall–Kier alpha value is -3.33. The zero-order valence-electron chi connectivity index (χ0n) is 16.2. The van der Waals surface area contributed by atoms with Crippen LogP contribution in [0.5, 0.6) is 0 Å². The summed E-state index contributed by atoms with van der Waals surface area (Å²) in [6.07, 6.45) is -1.09. The fourth-order valence-corrected chi connectivity index (χ4v) is 2.26. The van der Waals surface area contributed by atoms with Crippen LogP contribution in [0.1, 0.15) is 36.7 Å². The molecule has 0 aliphatic heterocycles. The van der Waals surface area contributed by atoms with Gasteiger partial charge in [0.05, 0.1) is 23.2 Å². The van der Waals surface area contributed by atoms with Crippen molar-refractivity contribution in [1.29, 1.82) is 0 Å². The second-order valence-electron chi connectivity index (χ2n) is 6.52. The Morgan fingerprint density at radius 3 is 2.38 bits per heavy atom. The van der Waals surface area contributed by atoms with Crippen LogP contribution in [0.2, 0.25) is 0 Å². The van der Waals surface area contributed by atoms with Crippen molar-refractivity contribution in [1.82, 2.24) is 0 Å². The molecule has 0 saturated heterocycles. The normalized spacial score (nSPS) is 11.8. The minimum Gasteiger partial charge on any atom is -0.449 e. The minimum absolute atomic E-state index is 0.0144. The molecule has 2 rings (SSSR count). The van der Waals surface area contributed by atoms with E-state index in [1.165, 1.54) is 13.0 Å². The number of rotatable bonds is 8. The van der Waals surface area contributed by atoms with Crippen molar-refractivity contribution in [2.45, 2.75) is 39.6 Å². The molecule has 0 aromatic heterocycles. The van der Waals surface area contributed by atoms with Gasteiger partial charge in [-0.05, 0) is 50.6 Å². The number of benzene rings is 2. The third-order valence-corrected chi connectivity index (χ3v) is 3.84. The summed E-state index contributed by atoms with van der Waals surface area (Å²) in [4.78, 5) is 34.3. The Balaban J connectivity index is 1.96. The van der Waals surface area contributed by atoms with Crippen LogP contribution in [0.3, 0.4) is 0 Å². The first-order chi connectivity index (χ1) is 13.7.